The van der Waals surface area contributed by atoms with Crippen molar-refractivity contribution in [3.63, 3.8) is 0 Å². The number of methoxy groups -OCH3 is 1. The third-order valence-electron chi connectivity index (χ3n) is 4.60. The minimum Gasteiger partial charge on any atom is -0.497 e. The first-order chi connectivity index (χ1) is 15.0. The van der Waals surface area contributed by atoms with Crippen molar-refractivity contribution in [2.45, 2.75) is 38.9 Å². The van der Waals surface area contributed by atoms with Crippen LogP contribution in [0.15, 0.2) is 35.6 Å². The standard InChI is InChI=1S/C22H30N6O2S/c1-5-31-22-26-20(24-13-15(2)3)18-14-25-28(21(18)27-22)11-10-23-19(29)12-16-6-8-17(30-4)9-7-16/h6-9,14-15H,5,10-13H2,1-4H3,(H,23,29)(H,24,26,27). The molecule has 2 N–H and O–H groups in total. The molecule has 0 bridgehead atoms. The van der Waals surface area contributed by atoms with Crippen LogP contribution in [-0.2, 0) is 17.8 Å². The van der Waals surface area contributed by atoms with Crippen molar-refractivity contribution in [1.29, 1.82) is 0 Å². The Morgan fingerprint density at radius 3 is 2.68 bits per heavy atom. The van der Waals surface area contributed by atoms with Gasteiger partial charge in [0, 0.05) is 13.1 Å². The first-order valence-electron chi connectivity index (χ1n) is 10.5. The van der Waals surface area contributed by atoms with Gasteiger partial charge in [0.05, 0.1) is 31.7 Å². The second-order valence-electron chi connectivity index (χ2n) is 7.54. The lowest BCUT2D eigenvalue weighted by molar-refractivity contribution is -0.120. The number of nitrogens with one attached hydrogen (secondary N) is 2. The van der Waals surface area contributed by atoms with Crippen LogP contribution in [0.1, 0.15) is 26.3 Å². The van der Waals surface area contributed by atoms with Gasteiger partial charge in [-0.2, -0.15) is 5.10 Å². The van der Waals surface area contributed by atoms with Crippen LogP contribution in [0, 0.1) is 5.92 Å². The smallest absolute Gasteiger partial charge is 0.224 e. The van der Waals surface area contributed by atoms with E-state index in [2.05, 4.69) is 46.5 Å². The summed E-state index contributed by atoms with van der Waals surface area (Å²) in [6.07, 6.45) is 2.12. The average Bonchev–Trinajstić information content (AvgIpc) is 3.16. The average molecular weight is 443 g/mol. The van der Waals surface area contributed by atoms with Crippen molar-refractivity contribution in [3.8, 4) is 5.75 Å². The monoisotopic (exact) mass is 442 g/mol. The lowest BCUT2D eigenvalue weighted by Crippen LogP contribution is -2.28. The molecule has 0 fully saturated rings. The van der Waals surface area contributed by atoms with Crippen LogP contribution in [0.25, 0.3) is 11.0 Å². The molecule has 8 nitrogen and oxygen atoms in total. The second-order valence-corrected chi connectivity index (χ2v) is 8.77. The SMILES string of the molecule is CCSc1nc(NCC(C)C)c2cnn(CCNC(=O)Cc3ccc(OC)cc3)c2n1. The van der Waals surface area contributed by atoms with Crippen LogP contribution in [-0.4, -0.2) is 51.6 Å². The van der Waals surface area contributed by atoms with Gasteiger partial charge in [0.15, 0.2) is 10.8 Å². The lowest BCUT2D eigenvalue weighted by atomic mass is 10.1. The van der Waals surface area contributed by atoms with Gasteiger partial charge in [-0.1, -0.05) is 44.7 Å². The summed E-state index contributed by atoms with van der Waals surface area (Å²) in [6.45, 7) is 8.23. The number of hydrogen-bond acceptors (Lipinski definition) is 7. The van der Waals surface area contributed by atoms with Gasteiger partial charge in [-0.05, 0) is 29.4 Å². The Kier molecular flexibility index (Phi) is 8.11. The van der Waals surface area contributed by atoms with Gasteiger partial charge in [-0.25, -0.2) is 14.6 Å². The number of thioether (sulfide) groups is 1. The molecular weight excluding hydrogens is 412 g/mol. The zero-order valence-electron chi connectivity index (χ0n) is 18.5. The van der Waals surface area contributed by atoms with Crippen molar-refractivity contribution >= 4 is 34.5 Å². The fraction of sp³-hybridized carbons (Fsp3) is 0.455. The number of anilines is 1. The third-order valence-corrected chi connectivity index (χ3v) is 5.33. The third kappa shape index (κ3) is 6.33. The molecule has 0 aliphatic rings. The molecule has 31 heavy (non-hydrogen) atoms. The van der Waals surface area contributed by atoms with Gasteiger partial charge in [-0.15, -0.1) is 0 Å². The van der Waals surface area contributed by atoms with Gasteiger partial charge < -0.3 is 15.4 Å². The number of amides is 1. The van der Waals surface area contributed by atoms with E-state index < -0.39 is 0 Å². The van der Waals surface area contributed by atoms with Crippen LogP contribution >= 0.6 is 11.8 Å². The number of ether oxygens (including phenoxy) is 1. The Bertz CT molecular complexity index is 1000. The number of fused-ring (bicyclic) bond motifs is 1. The molecule has 3 rings (SSSR count). The highest BCUT2D eigenvalue weighted by Crippen LogP contribution is 2.24. The van der Waals surface area contributed by atoms with Gasteiger partial charge in [0.25, 0.3) is 0 Å². The van der Waals surface area contributed by atoms with Crippen molar-refractivity contribution in [3.05, 3.63) is 36.0 Å². The van der Waals surface area contributed by atoms with Crippen molar-refractivity contribution in [1.82, 2.24) is 25.1 Å². The Morgan fingerprint density at radius 1 is 1.23 bits per heavy atom. The first kappa shape index (κ1) is 22.9. The van der Waals surface area contributed by atoms with E-state index in [0.29, 0.717) is 25.4 Å². The molecule has 0 unspecified atom stereocenters. The summed E-state index contributed by atoms with van der Waals surface area (Å²) in [6, 6.07) is 7.51. The summed E-state index contributed by atoms with van der Waals surface area (Å²) in [5, 5.41) is 12.5. The molecule has 0 saturated carbocycles. The largest absolute Gasteiger partial charge is 0.497 e. The van der Waals surface area contributed by atoms with E-state index in [1.54, 1.807) is 25.1 Å². The van der Waals surface area contributed by atoms with Crippen LogP contribution in [0.5, 0.6) is 5.75 Å². The summed E-state index contributed by atoms with van der Waals surface area (Å²) < 4.78 is 6.97. The van der Waals surface area contributed by atoms with Crippen molar-refractivity contribution in [2.75, 3.05) is 31.3 Å². The number of rotatable bonds is 11. The second kappa shape index (κ2) is 11.0. The molecule has 2 aromatic heterocycles. The summed E-state index contributed by atoms with van der Waals surface area (Å²) in [7, 11) is 1.62. The zero-order valence-corrected chi connectivity index (χ0v) is 19.3. The van der Waals surface area contributed by atoms with Gasteiger partial charge >= 0.3 is 0 Å². The molecule has 0 radical (unpaired) electrons. The van der Waals surface area contributed by atoms with E-state index in [9.17, 15) is 4.79 Å². The summed E-state index contributed by atoms with van der Waals surface area (Å²) >= 11 is 1.60. The van der Waals surface area contributed by atoms with Gasteiger partial charge in [-0.3, -0.25) is 4.79 Å². The van der Waals surface area contributed by atoms with E-state index >= 15 is 0 Å². The quantitative estimate of drug-likeness (QED) is 0.347. The van der Waals surface area contributed by atoms with Crippen LogP contribution in [0.4, 0.5) is 5.82 Å². The molecule has 0 aliphatic carbocycles. The van der Waals surface area contributed by atoms with Gasteiger partial charge in [0.1, 0.15) is 11.6 Å². The van der Waals surface area contributed by atoms with E-state index in [-0.39, 0.29) is 5.91 Å². The lowest BCUT2D eigenvalue weighted by Gasteiger charge is -2.11. The number of benzene rings is 1. The molecule has 1 amide bonds. The van der Waals surface area contributed by atoms with E-state index in [4.69, 9.17) is 4.74 Å². The number of aromatic nitrogens is 4. The van der Waals surface area contributed by atoms with Crippen LogP contribution in [0.3, 0.4) is 0 Å². The number of hydrogen-bond donors (Lipinski definition) is 2. The fourth-order valence-corrected chi connectivity index (χ4v) is 3.59. The molecule has 0 atom stereocenters. The fourth-order valence-electron chi connectivity index (χ4n) is 3.02. The van der Waals surface area contributed by atoms with E-state index in [0.717, 1.165) is 45.6 Å². The van der Waals surface area contributed by atoms with Crippen molar-refractivity contribution < 1.29 is 9.53 Å². The van der Waals surface area contributed by atoms with Crippen LogP contribution < -0.4 is 15.4 Å². The van der Waals surface area contributed by atoms with Crippen LogP contribution in [0.2, 0.25) is 0 Å². The first-order valence-corrected chi connectivity index (χ1v) is 11.5. The Balaban J connectivity index is 1.64. The maximum Gasteiger partial charge on any atom is 0.224 e. The number of carbonyl (C=O) groups is 1. The highest BCUT2D eigenvalue weighted by Gasteiger charge is 2.14. The Hall–Kier alpha value is -2.81. The number of nitrogens with zero attached hydrogens (tertiary/aromatic N) is 4. The van der Waals surface area contributed by atoms with Gasteiger partial charge in [0.2, 0.25) is 5.91 Å². The molecular formula is C22H30N6O2S. The topological polar surface area (TPSA) is 94.0 Å². The minimum atomic E-state index is -0.0298. The predicted octanol–water partition coefficient (Wildman–Crippen LogP) is 3.37. The van der Waals surface area contributed by atoms with Crippen molar-refractivity contribution in [2.24, 2.45) is 5.92 Å². The predicted molar refractivity (Wildman–Crippen MR) is 125 cm³/mol. The Labute approximate surface area is 187 Å². The molecule has 166 valence electrons. The molecule has 0 saturated heterocycles. The molecule has 1 aromatic carbocycles. The van der Waals surface area contributed by atoms with E-state index in [1.807, 2.05) is 28.9 Å². The maximum atomic E-state index is 12.3. The highest BCUT2D eigenvalue weighted by molar-refractivity contribution is 7.99. The normalized spacial score (nSPS) is 11.1. The molecule has 0 aliphatic heterocycles. The molecule has 9 heteroatoms. The summed E-state index contributed by atoms with van der Waals surface area (Å²) in [5.41, 5.74) is 1.72. The minimum absolute atomic E-state index is 0.0298. The molecule has 2 heterocycles. The van der Waals surface area contributed by atoms with E-state index in [1.165, 1.54) is 0 Å². The number of carbonyl (C=O) groups excluding carboxylic acids is 1. The maximum absolute atomic E-state index is 12.3. The Morgan fingerprint density at radius 2 is 2.00 bits per heavy atom. The summed E-state index contributed by atoms with van der Waals surface area (Å²) in [4.78, 5) is 21.6. The summed E-state index contributed by atoms with van der Waals surface area (Å²) in [5.74, 6) is 2.95. The zero-order chi connectivity index (χ0) is 22.2. The molecule has 3 aromatic rings. The highest BCUT2D eigenvalue weighted by atomic mass is 32.2. The molecule has 0 spiro atoms.